The van der Waals surface area contributed by atoms with Crippen molar-refractivity contribution in [1.82, 2.24) is 15.1 Å². The normalized spacial score (nSPS) is 12.6. The molecule has 0 aliphatic carbocycles. The van der Waals surface area contributed by atoms with E-state index in [1.54, 1.807) is 24.4 Å². The van der Waals surface area contributed by atoms with E-state index in [1.165, 1.54) is 0 Å². The van der Waals surface area contributed by atoms with Crippen molar-refractivity contribution in [1.29, 1.82) is 0 Å². The maximum Gasteiger partial charge on any atom is 0.0915 e. The summed E-state index contributed by atoms with van der Waals surface area (Å²) in [6.45, 7) is 3.94. The Balaban J connectivity index is 1.90. The topological polar surface area (TPSA) is 50.1 Å². The number of aliphatic hydroxyl groups is 1. The molecule has 0 spiro atoms. The molecule has 0 bridgehead atoms. The lowest BCUT2D eigenvalue weighted by atomic mass is 10.1. The Morgan fingerprint density at radius 3 is 2.65 bits per heavy atom. The van der Waals surface area contributed by atoms with Gasteiger partial charge in [0.25, 0.3) is 0 Å². The highest BCUT2D eigenvalue weighted by atomic mass is 35.5. The molecule has 0 saturated carbocycles. The van der Waals surface area contributed by atoms with Crippen LogP contribution in [0.25, 0.3) is 0 Å². The quantitative estimate of drug-likeness (QED) is 0.862. The summed E-state index contributed by atoms with van der Waals surface area (Å²) in [4.78, 5) is 0. The predicted molar refractivity (Wildman–Crippen MR) is 81.0 cm³/mol. The average Bonchev–Trinajstić information content (AvgIpc) is 2.85. The van der Waals surface area contributed by atoms with Gasteiger partial charge in [0.05, 0.1) is 11.8 Å². The van der Waals surface area contributed by atoms with Crippen LogP contribution < -0.4 is 5.32 Å². The summed E-state index contributed by atoms with van der Waals surface area (Å²) in [6.07, 6.45) is 1.12. The van der Waals surface area contributed by atoms with Crippen LogP contribution in [0.5, 0.6) is 0 Å². The van der Waals surface area contributed by atoms with Crippen molar-refractivity contribution in [2.45, 2.75) is 26.1 Å². The molecule has 108 valence electrons. The fourth-order valence-corrected chi connectivity index (χ4v) is 2.56. The summed E-state index contributed by atoms with van der Waals surface area (Å²) in [7, 11) is 0. The van der Waals surface area contributed by atoms with Crippen molar-refractivity contribution in [2.75, 3.05) is 6.54 Å². The van der Waals surface area contributed by atoms with Crippen LogP contribution in [0.4, 0.5) is 0 Å². The standard InChI is InChI=1S/C14H17Cl2N3O/c1-2-19-13(3-4-18-19)8-17-9-14(20)10-5-11(15)7-12(16)6-10/h3-7,14,17,20H,2,8-9H2,1H3. The summed E-state index contributed by atoms with van der Waals surface area (Å²) < 4.78 is 1.91. The van der Waals surface area contributed by atoms with Gasteiger partial charge in [-0.15, -0.1) is 0 Å². The number of rotatable bonds is 6. The van der Waals surface area contributed by atoms with Gasteiger partial charge >= 0.3 is 0 Å². The number of aryl methyl sites for hydroxylation is 1. The molecule has 1 aromatic heterocycles. The fourth-order valence-electron chi connectivity index (χ4n) is 2.02. The molecular weight excluding hydrogens is 297 g/mol. The van der Waals surface area contributed by atoms with Gasteiger partial charge in [-0.1, -0.05) is 23.2 Å². The molecule has 20 heavy (non-hydrogen) atoms. The minimum Gasteiger partial charge on any atom is -0.387 e. The number of hydrogen-bond donors (Lipinski definition) is 2. The minimum atomic E-state index is -0.649. The molecule has 0 saturated heterocycles. The molecule has 0 aliphatic rings. The van der Waals surface area contributed by atoms with Crippen molar-refractivity contribution in [3.05, 3.63) is 51.8 Å². The van der Waals surface area contributed by atoms with Gasteiger partial charge in [0.2, 0.25) is 0 Å². The summed E-state index contributed by atoms with van der Waals surface area (Å²) in [5, 5.41) is 18.6. The minimum absolute atomic E-state index is 0.422. The zero-order valence-corrected chi connectivity index (χ0v) is 12.7. The van der Waals surface area contributed by atoms with E-state index in [-0.39, 0.29) is 0 Å². The molecule has 4 nitrogen and oxygen atoms in total. The van der Waals surface area contributed by atoms with Gasteiger partial charge in [-0.2, -0.15) is 5.10 Å². The van der Waals surface area contributed by atoms with E-state index in [4.69, 9.17) is 23.2 Å². The van der Waals surface area contributed by atoms with Crippen LogP contribution in [0.15, 0.2) is 30.5 Å². The van der Waals surface area contributed by atoms with E-state index < -0.39 is 6.10 Å². The first-order valence-electron chi connectivity index (χ1n) is 6.45. The van der Waals surface area contributed by atoms with E-state index in [0.717, 1.165) is 12.2 Å². The third-order valence-corrected chi connectivity index (χ3v) is 3.45. The highest BCUT2D eigenvalue weighted by Gasteiger charge is 2.09. The van der Waals surface area contributed by atoms with Crippen molar-refractivity contribution >= 4 is 23.2 Å². The highest BCUT2D eigenvalue weighted by Crippen LogP contribution is 2.23. The molecule has 0 radical (unpaired) electrons. The summed E-state index contributed by atoms with van der Waals surface area (Å²) in [6, 6.07) is 7.04. The third kappa shape index (κ3) is 3.96. The van der Waals surface area contributed by atoms with Crippen LogP contribution in [0.2, 0.25) is 10.0 Å². The second-order valence-corrected chi connectivity index (χ2v) is 5.36. The lowest BCUT2D eigenvalue weighted by Crippen LogP contribution is -2.22. The van der Waals surface area contributed by atoms with Crippen LogP contribution in [0, 0.1) is 0 Å². The molecule has 1 heterocycles. The molecule has 1 atom stereocenters. The van der Waals surface area contributed by atoms with E-state index in [2.05, 4.69) is 10.4 Å². The monoisotopic (exact) mass is 313 g/mol. The second-order valence-electron chi connectivity index (χ2n) is 4.49. The number of hydrogen-bond acceptors (Lipinski definition) is 3. The molecule has 2 N–H and O–H groups in total. The molecule has 1 unspecified atom stereocenters. The number of halogens is 2. The van der Waals surface area contributed by atoms with Crippen LogP contribution in [-0.2, 0) is 13.1 Å². The summed E-state index contributed by atoms with van der Waals surface area (Å²) >= 11 is 11.8. The highest BCUT2D eigenvalue weighted by molar-refractivity contribution is 6.34. The molecule has 2 aromatic rings. The first kappa shape index (κ1) is 15.3. The number of aliphatic hydroxyl groups excluding tert-OH is 1. The van der Waals surface area contributed by atoms with Crippen molar-refractivity contribution < 1.29 is 5.11 Å². The lowest BCUT2D eigenvalue weighted by Gasteiger charge is -2.13. The van der Waals surface area contributed by atoms with Gasteiger partial charge in [0.1, 0.15) is 0 Å². The van der Waals surface area contributed by atoms with E-state index >= 15 is 0 Å². The Morgan fingerprint density at radius 1 is 1.30 bits per heavy atom. The van der Waals surface area contributed by atoms with Crippen molar-refractivity contribution in [2.24, 2.45) is 0 Å². The summed E-state index contributed by atoms with van der Waals surface area (Å²) in [5.74, 6) is 0. The molecule has 6 heteroatoms. The Bertz CT molecular complexity index is 551. The maximum atomic E-state index is 10.1. The number of nitrogens with zero attached hydrogens (tertiary/aromatic N) is 2. The molecule has 2 rings (SSSR count). The Labute approximate surface area is 128 Å². The van der Waals surface area contributed by atoms with Crippen LogP contribution in [0.1, 0.15) is 24.3 Å². The average molecular weight is 314 g/mol. The number of aromatic nitrogens is 2. The summed E-state index contributed by atoms with van der Waals surface area (Å²) in [5.41, 5.74) is 1.79. The predicted octanol–water partition coefficient (Wildman–Crippen LogP) is 3.03. The number of benzene rings is 1. The van der Waals surface area contributed by atoms with Crippen LogP contribution in [0.3, 0.4) is 0 Å². The van der Waals surface area contributed by atoms with E-state index in [1.807, 2.05) is 17.7 Å². The Kier molecular flexibility index (Phi) is 5.43. The second kappa shape index (κ2) is 7.09. The first-order valence-corrected chi connectivity index (χ1v) is 7.21. The zero-order valence-electron chi connectivity index (χ0n) is 11.2. The number of nitrogens with one attached hydrogen (secondary N) is 1. The maximum absolute atomic E-state index is 10.1. The Morgan fingerprint density at radius 2 is 2.00 bits per heavy atom. The van der Waals surface area contributed by atoms with Gasteiger partial charge in [-0.05, 0) is 36.8 Å². The molecule has 1 aromatic carbocycles. The smallest absolute Gasteiger partial charge is 0.0915 e. The van der Waals surface area contributed by atoms with Gasteiger partial charge in [-0.3, -0.25) is 4.68 Å². The van der Waals surface area contributed by atoms with Crippen LogP contribution in [-0.4, -0.2) is 21.4 Å². The SMILES string of the molecule is CCn1nccc1CNCC(O)c1cc(Cl)cc(Cl)c1. The van der Waals surface area contributed by atoms with Gasteiger partial charge in [0.15, 0.2) is 0 Å². The Hall–Kier alpha value is -1.07. The third-order valence-electron chi connectivity index (χ3n) is 3.02. The van der Waals surface area contributed by atoms with Gasteiger partial charge in [-0.25, -0.2) is 0 Å². The van der Waals surface area contributed by atoms with Crippen LogP contribution >= 0.6 is 23.2 Å². The molecule has 0 amide bonds. The van der Waals surface area contributed by atoms with E-state index in [9.17, 15) is 5.11 Å². The molecule has 0 aliphatic heterocycles. The van der Waals surface area contributed by atoms with Gasteiger partial charge < -0.3 is 10.4 Å². The van der Waals surface area contributed by atoms with E-state index in [0.29, 0.717) is 28.7 Å². The van der Waals surface area contributed by atoms with Gasteiger partial charge in [0, 0.05) is 35.9 Å². The first-order chi connectivity index (χ1) is 9.60. The zero-order chi connectivity index (χ0) is 14.5. The lowest BCUT2D eigenvalue weighted by molar-refractivity contribution is 0.174. The molecular formula is C14H17Cl2N3O. The van der Waals surface area contributed by atoms with Crippen molar-refractivity contribution in [3.63, 3.8) is 0 Å². The molecule has 0 fully saturated rings. The largest absolute Gasteiger partial charge is 0.387 e. The fraction of sp³-hybridized carbons (Fsp3) is 0.357. The van der Waals surface area contributed by atoms with Crippen molar-refractivity contribution in [3.8, 4) is 0 Å².